The number of allylic oxidation sites excluding steroid dienone is 5. The summed E-state index contributed by atoms with van der Waals surface area (Å²) in [5, 5.41) is 0. The van der Waals surface area contributed by atoms with E-state index >= 15 is 0 Å². The van der Waals surface area contributed by atoms with Crippen LogP contribution in [0.5, 0.6) is 0 Å². The lowest BCUT2D eigenvalue weighted by atomic mass is 9.97. The van der Waals surface area contributed by atoms with Crippen molar-refractivity contribution in [1.82, 2.24) is 0 Å². The van der Waals surface area contributed by atoms with Crippen LogP contribution in [0.15, 0.2) is 36.5 Å². The molecule has 17 heavy (non-hydrogen) atoms. The van der Waals surface area contributed by atoms with Gasteiger partial charge in [0.2, 0.25) is 0 Å². The zero-order valence-electron chi connectivity index (χ0n) is 11.1. The summed E-state index contributed by atoms with van der Waals surface area (Å²) in [4.78, 5) is 12.3. The zero-order valence-corrected chi connectivity index (χ0v) is 12.7. The van der Waals surface area contributed by atoms with Crippen molar-refractivity contribution >= 4 is 21.7 Å². The number of rotatable bonds is 8. The average Bonchev–Trinajstić information content (AvgIpc) is 2.28. The lowest BCUT2D eigenvalue weighted by Crippen LogP contribution is -2.08. The fraction of sp³-hybridized carbons (Fsp3) is 0.533. The number of ketones is 1. The first-order valence-corrected chi connectivity index (χ1v) is 7.05. The van der Waals surface area contributed by atoms with E-state index < -0.39 is 0 Å². The van der Waals surface area contributed by atoms with Gasteiger partial charge in [0.1, 0.15) is 0 Å². The van der Waals surface area contributed by atoms with Gasteiger partial charge in [-0.25, -0.2) is 0 Å². The van der Waals surface area contributed by atoms with E-state index in [2.05, 4.69) is 29.4 Å². The van der Waals surface area contributed by atoms with Gasteiger partial charge < -0.3 is 0 Å². The van der Waals surface area contributed by atoms with Gasteiger partial charge in [-0.05, 0) is 32.3 Å². The van der Waals surface area contributed by atoms with Gasteiger partial charge in [-0.2, -0.15) is 0 Å². The first kappa shape index (κ1) is 16.4. The third kappa shape index (κ3) is 8.14. The molecule has 0 aromatic carbocycles. The first-order valence-electron chi connectivity index (χ1n) is 6.13. The molecule has 2 atom stereocenters. The zero-order chi connectivity index (χ0) is 13.3. The molecule has 0 fully saturated rings. The lowest BCUT2D eigenvalue weighted by molar-refractivity contribution is -0.117. The van der Waals surface area contributed by atoms with Crippen LogP contribution in [0.1, 0.15) is 40.0 Å². The van der Waals surface area contributed by atoms with Gasteiger partial charge in [0.05, 0.1) is 0 Å². The fourth-order valence-electron chi connectivity index (χ4n) is 1.52. The molecule has 0 aromatic heterocycles. The third-order valence-corrected chi connectivity index (χ3v) is 3.65. The summed E-state index contributed by atoms with van der Waals surface area (Å²) in [5.74, 6) is 0.260. The number of carbonyl (C=O) groups excluding carboxylic acids is 1. The van der Waals surface area contributed by atoms with Crippen LogP contribution in [0, 0.1) is 5.92 Å². The molecule has 0 N–H and O–H groups in total. The van der Waals surface area contributed by atoms with Crippen LogP contribution in [0.4, 0.5) is 0 Å². The highest BCUT2D eigenvalue weighted by Crippen LogP contribution is 2.14. The smallest absolute Gasteiger partial charge is 0.158 e. The van der Waals surface area contributed by atoms with Gasteiger partial charge in [-0.3, -0.25) is 4.79 Å². The fourth-order valence-corrected chi connectivity index (χ4v) is 1.73. The summed E-state index contributed by atoms with van der Waals surface area (Å²) in [6.45, 7) is 9.78. The Balaban J connectivity index is 4.14. The number of halogens is 1. The third-order valence-electron chi connectivity index (χ3n) is 2.63. The van der Waals surface area contributed by atoms with Crippen LogP contribution in [0.25, 0.3) is 0 Å². The van der Waals surface area contributed by atoms with Gasteiger partial charge in [0, 0.05) is 10.7 Å². The van der Waals surface area contributed by atoms with E-state index in [0.717, 1.165) is 19.3 Å². The Morgan fingerprint density at radius 2 is 2.12 bits per heavy atom. The van der Waals surface area contributed by atoms with Crippen LogP contribution < -0.4 is 0 Å². The molecule has 0 rings (SSSR count). The number of carbonyl (C=O) groups is 1. The number of hydrogen-bond donors (Lipinski definition) is 0. The Morgan fingerprint density at radius 3 is 2.65 bits per heavy atom. The molecule has 0 bridgehead atoms. The molecule has 0 aromatic rings. The monoisotopic (exact) mass is 298 g/mol. The van der Waals surface area contributed by atoms with Crippen molar-refractivity contribution in [2.75, 3.05) is 0 Å². The van der Waals surface area contributed by atoms with E-state index in [9.17, 15) is 4.79 Å². The molecule has 2 heteroatoms. The van der Waals surface area contributed by atoms with E-state index in [0.29, 0.717) is 4.83 Å². The van der Waals surface area contributed by atoms with Gasteiger partial charge in [-0.1, -0.05) is 60.2 Å². The average molecular weight is 299 g/mol. The van der Waals surface area contributed by atoms with Crippen molar-refractivity contribution in [2.24, 2.45) is 5.92 Å². The molecule has 0 amide bonds. The summed E-state index contributed by atoms with van der Waals surface area (Å²) < 4.78 is 0. The molecular formula is C15H23BrO. The maximum absolute atomic E-state index is 11.8. The molecule has 0 aliphatic rings. The molecule has 0 radical (unpaired) electrons. The normalized spacial score (nSPS) is 15.9. The van der Waals surface area contributed by atoms with E-state index in [1.807, 2.05) is 26.0 Å². The van der Waals surface area contributed by atoms with E-state index in [4.69, 9.17) is 0 Å². The largest absolute Gasteiger partial charge is 0.295 e. The van der Waals surface area contributed by atoms with Crippen LogP contribution in [0.2, 0.25) is 0 Å². The van der Waals surface area contributed by atoms with E-state index in [1.54, 1.807) is 12.2 Å². The minimum absolute atomic E-state index is 0.0536. The predicted molar refractivity (Wildman–Crippen MR) is 79.5 cm³/mol. The van der Waals surface area contributed by atoms with Crippen LogP contribution in [-0.2, 0) is 4.79 Å². The Hall–Kier alpha value is -0.630. The summed E-state index contributed by atoms with van der Waals surface area (Å²) in [7, 11) is 0. The predicted octanol–water partition coefficient (Wildman–Crippen LogP) is 4.83. The molecule has 0 saturated carbocycles. The van der Waals surface area contributed by atoms with Crippen molar-refractivity contribution < 1.29 is 4.79 Å². The van der Waals surface area contributed by atoms with Gasteiger partial charge in [-0.15, -0.1) is 0 Å². The number of hydrogen-bond acceptors (Lipinski definition) is 1. The van der Waals surface area contributed by atoms with Crippen molar-refractivity contribution in [3.05, 3.63) is 36.5 Å². The Morgan fingerprint density at radius 1 is 1.47 bits per heavy atom. The Kier molecular flexibility index (Phi) is 9.06. The van der Waals surface area contributed by atoms with Gasteiger partial charge in [0.15, 0.2) is 5.78 Å². The highest BCUT2D eigenvalue weighted by atomic mass is 79.9. The topological polar surface area (TPSA) is 17.1 Å². The van der Waals surface area contributed by atoms with Crippen molar-refractivity contribution in [1.29, 1.82) is 0 Å². The Labute approximate surface area is 114 Å². The summed E-state index contributed by atoms with van der Waals surface area (Å²) in [5.41, 5.74) is 1.20. The minimum atomic E-state index is 0.0536. The van der Waals surface area contributed by atoms with Gasteiger partial charge in [0.25, 0.3) is 0 Å². The molecule has 2 unspecified atom stereocenters. The lowest BCUT2D eigenvalue weighted by Gasteiger charge is -2.07. The van der Waals surface area contributed by atoms with Crippen LogP contribution >= 0.6 is 15.9 Å². The second kappa shape index (κ2) is 9.41. The molecule has 0 spiro atoms. The van der Waals surface area contributed by atoms with Crippen LogP contribution in [-0.4, -0.2) is 10.6 Å². The molecule has 96 valence electrons. The summed E-state index contributed by atoms with van der Waals surface area (Å²) in [6.07, 6.45) is 10.2. The minimum Gasteiger partial charge on any atom is -0.295 e. The van der Waals surface area contributed by atoms with Crippen molar-refractivity contribution in [2.45, 2.75) is 44.9 Å². The maximum Gasteiger partial charge on any atom is 0.158 e. The Bertz CT molecular complexity index is 302. The van der Waals surface area contributed by atoms with E-state index in [-0.39, 0.29) is 11.7 Å². The number of alkyl halides is 1. The standard InChI is InChI=1S/C15H23BrO/c1-5-8-12(3)11-13(4)15(17)10-7-9-14(16)6-2/h5,7-8,10,13-14H,1,6,9,11H2,2-4H3/b10-7+,12-8+. The molecular weight excluding hydrogens is 276 g/mol. The molecule has 0 heterocycles. The molecule has 0 aliphatic heterocycles. The highest BCUT2D eigenvalue weighted by molar-refractivity contribution is 9.09. The van der Waals surface area contributed by atoms with E-state index in [1.165, 1.54) is 5.57 Å². The first-order chi connectivity index (χ1) is 8.01. The summed E-state index contributed by atoms with van der Waals surface area (Å²) >= 11 is 3.54. The second-order valence-electron chi connectivity index (χ2n) is 4.40. The molecule has 0 aliphatic carbocycles. The van der Waals surface area contributed by atoms with Gasteiger partial charge >= 0.3 is 0 Å². The van der Waals surface area contributed by atoms with Crippen molar-refractivity contribution in [3.8, 4) is 0 Å². The highest BCUT2D eigenvalue weighted by Gasteiger charge is 2.10. The van der Waals surface area contributed by atoms with Crippen molar-refractivity contribution in [3.63, 3.8) is 0 Å². The second-order valence-corrected chi connectivity index (χ2v) is 5.69. The SMILES string of the molecule is C=C/C=C(\C)CC(C)C(=O)/C=C/CC(Br)CC. The maximum atomic E-state index is 11.8. The molecule has 0 saturated heterocycles. The molecule has 1 nitrogen and oxygen atoms in total. The quantitative estimate of drug-likeness (QED) is 0.356. The summed E-state index contributed by atoms with van der Waals surface area (Å²) in [6, 6.07) is 0. The van der Waals surface area contributed by atoms with Crippen LogP contribution in [0.3, 0.4) is 0 Å².